The summed E-state index contributed by atoms with van der Waals surface area (Å²) in [6, 6.07) is 21.3. The molecule has 158 valence electrons. The molecule has 0 aliphatic carbocycles. The predicted molar refractivity (Wildman–Crippen MR) is 122 cm³/mol. The molecule has 3 N–H and O–H groups in total. The molecule has 30 heavy (non-hydrogen) atoms. The number of phenols is 1. The number of aryl methyl sites for hydroxylation is 2. The van der Waals surface area contributed by atoms with Crippen LogP contribution in [0.25, 0.3) is 11.1 Å². The van der Waals surface area contributed by atoms with E-state index >= 15 is 0 Å². The summed E-state index contributed by atoms with van der Waals surface area (Å²) in [4.78, 5) is 0. The van der Waals surface area contributed by atoms with Gasteiger partial charge in [-0.1, -0.05) is 49.4 Å². The molecule has 3 aromatic rings. The third-order valence-electron chi connectivity index (χ3n) is 5.42. The standard InChI is InChI=1S/C26H31NO3/c1-4-20-7-5-6-8-24(20)22-11-14-25(18(2)17-22)30-16-15-27-19(3)26(29)21-9-12-23(28)13-10-21/h5-14,17,19,26-29H,4,15-16H2,1-3H3/t19-,26-/m1/s1. The fraction of sp³-hybridized carbons (Fsp3) is 0.308. The number of aromatic hydroxyl groups is 1. The second-order valence-corrected chi connectivity index (χ2v) is 7.62. The number of phenolic OH excluding ortho intramolecular Hbond substituents is 1. The summed E-state index contributed by atoms with van der Waals surface area (Å²) in [7, 11) is 0. The summed E-state index contributed by atoms with van der Waals surface area (Å²) in [6.07, 6.45) is 0.359. The summed E-state index contributed by atoms with van der Waals surface area (Å²) in [5.41, 5.74) is 5.70. The molecule has 0 aromatic heterocycles. The van der Waals surface area contributed by atoms with E-state index in [4.69, 9.17) is 4.74 Å². The largest absolute Gasteiger partial charge is 0.508 e. The molecule has 4 nitrogen and oxygen atoms in total. The van der Waals surface area contributed by atoms with Gasteiger partial charge in [-0.2, -0.15) is 0 Å². The molecule has 3 aromatic carbocycles. The summed E-state index contributed by atoms with van der Waals surface area (Å²) in [5.74, 6) is 1.07. The maximum absolute atomic E-state index is 10.4. The minimum atomic E-state index is -0.648. The van der Waals surface area contributed by atoms with E-state index in [2.05, 4.69) is 55.6 Å². The van der Waals surface area contributed by atoms with Crippen LogP contribution < -0.4 is 10.1 Å². The van der Waals surface area contributed by atoms with Gasteiger partial charge < -0.3 is 20.3 Å². The van der Waals surface area contributed by atoms with Crippen molar-refractivity contribution in [3.8, 4) is 22.6 Å². The van der Waals surface area contributed by atoms with Crippen molar-refractivity contribution in [2.75, 3.05) is 13.2 Å². The van der Waals surface area contributed by atoms with Crippen LogP contribution in [0.5, 0.6) is 11.5 Å². The molecule has 0 saturated heterocycles. The van der Waals surface area contributed by atoms with Gasteiger partial charge in [0.2, 0.25) is 0 Å². The zero-order valence-corrected chi connectivity index (χ0v) is 17.9. The Kier molecular flexibility index (Phi) is 7.50. The first kappa shape index (κ1) is 21.9. The smallest absolute Gasteiger partial charge is 0.122 e. The molecule has 0 radical (unpaired) electrons. The van der Waals surface area contributed by atoms with Gasteiger partial charge in [0.15, 0.2) is 0 Å². The molecule has 0 saturated carbocycles. The molecule has 0 fully saturated rings. The molecule has 2 atom stereocenters. The van der Waals surface area contributed by atoms with Crippen LogP contribution in [0, 0.1) is 6.92 Å². The minimum Gasteiger partial charge on any atom is -0.508 e. The Hall–Kier alpha value is -2.82. The summed E-state index contributed by atoms with van der Waals surface area (Å²) >= 11 is 0. The lowest BCUT2D eigenvalue weighted by Gasteiger charge is -2.21. The molecule has 0 aliphatic heterocycles. The van der Waals surface area contributed by atoms with Gasteiger partial charge in [0.25, 0.3) is 0 Å². The Bertz CT molecular complexity index is 953. The fourth-order valence-electron chi connectivity index (χ4n) is 3.61. The molecule has 3 rings (SSSR count). The number of nitrogens with one attached hydrogen (secondary N) is 1. The molecule has 0 spiro atoms. The maximum Gasteiger partial charge on any atom is 0.122 e. The fourth-order valence-corrected chi connectivity index (χ4v) is 3.61. The quantitative estimate of drug-likeness (QED) is 0.438. The van der Waals surface area contributed by atoms with Crippen molar-refractivity contribution in [1.29, 1.82) is 0 Å². The van der Waals surface area contributed by atoms with Crippen molar-refractivity contribution in [2.24, 2.45) is 0 Å². The number of hydrogen-bond donors (Lipinski definition) is 3. The van der Waals surface area contributed by atoms with E-state index in [1.165, 1.54) is 16.7 Å². The number of benzene rings is 3. The van der Waals surface area contributed by atoms with Crippen molar-refractivity contribution >= 4 is 0 Å². The lowest BCUT2D eigenvalue weighted by atomic mass is 9.97. The van der Waals surface area contributed by atoms with Crippen LogP contribution in [0.3, 0.4) is 0 Å². The van der Waals surface area contributed by atoms with Crippen LogP contribution in [-0.2, 0) is 6.42 Å². The lowest BCUT2D eigenvalue weighted by molar-refractivity contribution is 0.133. The summed E-state index contributed by atoms with van der Waals surface area (Å²) < 4.78 is 5.96. The van der Waals surface area contributed by atoms with Crippen molar-refractivity contribution in [2.45, 2.75) is 39.3 Å². The average molecular weight is 406 g/mol. The van der Waals surface area contributed by atoms with E-state index < -0.39 is 6.10 Å². The average Bonchev–Trinajstić information content (AvgIpc) is 2.77. The SMILES string of the molecule is CCc1ccccc1-c1ccc(OCCN[C@H](C)[C@@H](O)c2ccc(O)cc2)c(C)c1. The van der Waals surface area contributed by atoms with Crippen LogP contribution in [0.4, 0.5) is 0 Å². The van der Waals surface area contributed by atoms with Gasteiger partial charge in [-0.05, 0) is 72.4 Å². The van der Waals surface area contributed by atoms with Gasteiger partial charge in [0.05, 0.1) is 6.10 Å². The number of hydrogen-bond acceptors (Lipinski definition) is 4. The second kappa shape index (κ2) is 10.3. The zero-order chi connectivity index (χ0) is 21.5. The van der Waals surface area contributed by atoms with Crippen molar-refractivity contribution in [1.82, 2.24) is 5.32 Å². The van der Waals surface area contributed by atoms with Gasteiger partial charge in [-0.25, -0.2) is 0 Å². The van der Waals surface area contributed by atoms with E-state index in [1.807, 2.05) is 13.0 Å². The topological polar surface area (TPSA) is 61.7 Å². The van der Waals surface area contributed by atoms with Gasteiger partial charge >= 0.3 is 0 Å². The van der Waals surface area contributed by atoms with E-state index in [0.29, 0.717) is 13.2 Å². The van der Waals surface area contributed by atoms with Crippen molar-refractivity contribution < 1.29 is 14.9 Å². The van der Waals surface area contributed by atoms with E-state index in [0.717, 1.165) is 23.3 Å². The third-order valence-corrected chi connectivity index (χ3v) is 5.42. The molecular weight excluding hydrogens is 374 g/mol. The van der Waals surface area contributed by atoms with E-state index in [-0.39, 0.29) is 11.8 Å². The molecule has 0 aliphatic rings. The molecule has 0 heterocycles. The van der Waals surface area contributed by atoms with E-state index in [9.17, 15) is 10.2 Å². The monoisotopic (exact) mass is 405 g/mol. The maximum atomic E-state index is 10.4. The summed E-state index contributed by atoms with van der Waals surface area (Å²) in [5, 5.41) is 23.1. The number of aliphatic hydroxyl groups is 1. The van der Waals surface area contributed by atoms with Gasteiger partial charge in [0.1, 0.15) is 18.1 Å². The first-order valence-electron chi connectivity index (χ1n) is 10.5. The minimum absolute atomic E-state index is 0.132. The third kappa shape index (κ3) is 5.41. The predicted octanol–water partition coefficient (Wildman–Crippen LogP) is 5.02. The van der Waals surface area contributed by atoms with Gasteiger partial charge in [0, 0.05) is 12.6 Å². The van der Waals surface area contributed by atoms with Gasteiger partial charge in [-0.3, -0.25) is 0 Å². The molecule has 4 heteroatoms. The van der Waals surface area contributed by atoms with Crippen molar-refractivity contribution in [3.63, 3.8) is 0 Å². The van der Waals surface area contributed by atoms with Crippen LogP contribution in [0.15, 0.2) is 66.7 Å². The Morgan fingerprint density at radius 3 is 2.43 bits per heavy atom. The highest BCUT2D eigenvalue weighted by molar-refractivity contribution is 5.69. The first-order chi connectivity index (χ1) is 14.5. The highest BCUT2D eigenvalue weighted by atomic mass is 16.5. The van der Waals surface area contributed by atoms with Crippen LogP contribution in [0.1, 0.15) is 36.6 Å². The highest BCUT2D eigenvalue weighted by Crippen LogP contribution is 2.29. The Morgan fingerprint density at radius 2 is 1.73 bits per heavy atom. The van der Waals surface area contributed by atoms with Crippen molar-refractivity contribution in [3.05, 3.63) is 83.4 Å². The second-order valence-electron chi connectivity index (χ2n) is 7.62. The lowest BCUT2D eigenvalue weighted by Crippen LogP contribution is -2.35. The molecule has 0 bridgehead atoms. The highest BCUT2D eigenvalue weighted by Gasteiger charge is 2.15. The van der Waals surface area contributed by atoms with Crippen LogP contribution in [0.2, 0.25) is 0 Å². The molecular formula is C26H31NO3. The molecule has 0 unspecified atom stereocenters. The number of aliphatic hydroxyl groups excluding tert-OH is 1. The number of ether oxygens (including phenoxy) is 1. The normalized spacial score (nSPS) is 13.1. The van der Waals surface area contributed by atoms with Crippen LogP contribution in [-0.4, -0.2) is 29.4 Å². The summed E-state index contributed by atoms with van der Waals surface area (Å²) in [6.45, 7) is 7.31. The Labute approximate surface area is 179 Å². The Morgan fingerprint density at radius 1 is 1.00 bits per heavy atom. The molecule has 0 amide bonds. The number of rotatable bonds is 9. The Balaban J connectivity index is 1.53. The first-order valence-corrected chi connectivity index (χ1v) is 10.5. The van der Waals surface area contributed by atoms with Crippen LogP contribution >= 0.6 is 0 Å². The zero-order valence-electron chi connectivity index (χ0n) is 17.9. The van der Waals surface area contributed by atoms with E-state index in [1.54, 1.807) is 24.3 Å². The van der Waals surface area contributed by atoms with Gasteiger partial charge in [-0.15, -0.1) is 0 Å².